The highest BCUT2D eigenvalue weighted by atomic mass is 16.1. The highest BCUT2D eigenvalue weighted by molar-refractivity contribution is 5.99. The summed E-state index contributed by atoms with van der Waals surface area (Å²) >= 11 is 0. The van der Waals surface area contributed by atoms with Crippen LogP contribution in [0.15, 0.2) is 42.7 Å². The van der Waals surface area contributed by atoms with E-state index >= 15 is 0 Å². The molecule has 2 aromatic heterocycles. The summed E-state index contributed by atoms with van der Waals surface area (Å²) in [7, 11) is 0. The lowest BCUT2D eigenvalue weighted by Crippen LogP contribution is -2.23. The number of para-hydroxylation sites is 1. The third-order valence-corrected chi connectivity index (χ3v) is 2.99. The summed E-state index contributed by atoms with van der Waals surface area (Å²) in [6, 6.07) is 9.05. The van der Waals surface area contributed by atoms with Gasteiger partial charge in [-0.2, -0.15) is 5.10 Å². The molecule has 0 unspecified atom stereocenters. The molecule has 0 bridgehead atoms. The van der Waals surface area contributed by atoms with Crippen LogP contribution in [0.2, 0.25) is 0 Å². The number of hydrogen-bond donors (Lipinski definition) is 3. The molecule has 0 atom stereocenters. The number of nitrogen functional groups attached to an aromatic ring is 1. The number of carbonyl (C=O) groups is 1. The highest BCUT2D eigenvalue weighted by Crippen LogP contribution is 2.19. The number of aromatic nitrogens is 3. The standard InChI is InChI=1S/C14H13N5O/c15-11-5-13(19-12-4-2-1-3-10(11)12)14(20)16-6-9-7-17-18-8-9/h1-5,7-8H,6H2,(H2,15,19)(H,16,20)(H,17,18). The zero-order valence-electron chi connectivity index (χ0n) is 10.6. The Hall–Kier alpha value is -2.89. The monoisotopic (exact) mass is 267 g/mol. The van der Waals surface area contributed by atoms with Crippen LogP contribution in [0.5, 0.6) is 0 Å². The Morgan fingerprint density at radius 1 is 1.35 bits per heavy atom. The normalized spacial score (nSPS) is 10.6. The van der Waals surface area contributed by atoms with Gasteiger partial charge in [-0.15, -0.1) is 0 Å². The largest absolute Gasteiger partial charge is 0.398 e. The van der Waals surface area contributed by atoms with E-state index in [1.807, 2.05) is 24.3 Å². The van der Waals surface area contributed by atoms with Gasteiger partial charge in [0.2, 0.25) is 0 Å². The maximum atomic E-state index is 12.1. The maximum absolute atomic E-state index is 12.1. The molecule has 0 saturated heterocycles. The third kappa shape index (κ3) is 2.31. The fraction of sp³-hybridized carbons (Fsp3) is 0.0714. The Bertz CT molecular complexity index is 751. The topological polar surface area (TPSA) is 96.7 Å². The van der Waals surface area contributed by atoms with Gasteiger partial charge < -0.3 is 11.1 Å². The van der Waals surface area contributed by atoms with Gasteiger partial charge in [0.05, 0.1) is 11.7 Å². The van der Waals surface area contributed by atoms with E-state index in [0.717, 1.165) is 10.9 Å². The molecule has 100 valence electrons. The van der Waals surface area contributed by atoms with Gasteiger partial charge in [-0.3, -0.25) is 9.89 Å². The molecule has 6 heteroatoms. The number of anilines is 1. The summed E-state index contributed by atoms with van der Waals surface area (Å²) in [6.45, 7) is 0.393. The Morgan fingerprint density at radius 3 is 3.00 bits per heavy atom. The molecule has 4 N–H and O–H groups in total. The molecule has 1 amide bonds. The molecule has 0 aliphatic heterocycles. The number of nitrogens with one attached hydrogen (secondary N) is 2. The third-order valence-electron chi connectivity index (χ3n) is 2.99. The number of nitrogens with zero attached hydrogens (tertiary/aromatic N) is 2. The highest BCUT2D eigenvalue weighted by Gasteiger charge is 2.10. The molecule has 0 radical (unpaired) electrons. The lowest BCUT2D eigenvalue weighted by molar-refractivity contribution is 0.0946. The van der Waals surface area contributed by atoms with E-state index in [2.05, 4.69) is 20.5 Å². The molecule has 0 saturated carbocycles. The smallest absolute Gasteiger partial charge is 0.270 e. The lowest BCUT2D eigenvalue weighted by atomic mass is 10.1. The van der Waals surface area contributed by atoms with Crippen LogP contribution in [-0.2, 0) is 6.54 Å². The molecule has 0 aliphatic carbocycles. The number of carbonyl (C=O) groups excluding carboxylic acids is 1. The Labute approximate surface area is 115 Å². The molecule has 6 nitrogen and oxygen atoms in total. The van der Waals surface area contributed by atoms with Crippen molar-refractivity contribution < 1.29 is 4.79 Å². The lowest BCUT2D eigenvalue weighted by Gasteiger charge is -2.06. The summed E-state index contributed by atoms with van der Waals surface area (Å²) in [5, 5.41) is 10.1. The second-order valence-electron chi connectivity index (χ2n) is 4.40. The Kier molecular flexibility index (Phi) is 3.04. The number of fused-ring (bicyclic) bond motifs is 1. The average molecular weight is 267 g/mol. The fourth-order valence-corrected chi connectivity index (χ4v) is 1.97. The van der Waals surface area contributed by atoms with Gasteiger partial charge in [-0.25, -0.2) is 4.98 Å². The summed E-state index contributed by atoms with van der Waals surface area (Å²) < 4.78 is 0. The summed E-state index contributed by atoms with van der Waals surface area (Å²) in [6.07, 6.45) is 3.38. The first-order valence-electron chi connectivity index (χ1n) is 6.15. The molecular weight excluding hydrogens is 254 g/mol. The second-order valence-corrected chi connectivity index (χ2v) is 4.40. The predicted octanol–water partition coefficient (Wildman–Crippen LogP) is 1.47. The summed E-state index contributed by atoms with van der Waals surface area (Å²) in [4.78, 5) is 16.4. The van der Waals surface area contributed by atoms with Crippen molar-refractivity contribution in [3.63, 3.8) is 0 Å². The minimum Gasteiger partial charge on any atom is -0.398 e. The van der Waals surface area contributed by atoms with Crippen LogP contribution >= 0.6 is 0 Å². The van der Waals surface area contributed by atoms with E-state index < -0.39 is 0 Å². The van der Waals surface area contributed by atoms with Gasteiger partial charge in [-0.1, -0.05) is 18.2 Å². The Morgan fingerprint density at radius 2 is 2.20 bits per heavy atom. The van der Waals surface area contributed by atoms with Crippen LogP contribution in [-0.4, -0.2) is 21.1 Å². The summed E-state index contributed by atoms with van der Waals surface area (Å²) in [5.41, 5.74) is 8.41. The quantitative estimate of drug-likeness (QED) is 0.669. The minimum absolute atomic E-state index is 0.261. The second kappa shape index (κ2) is 5.00. The zero-order valence-corrected chi connectivity index (χ0v) is 10.6. The number of nitrogens with two attached hydrogens (primary N) is 1. The van der Waals surface area contributed by atoms with Crippen molar-refractivity contribution in [3.8, 4) is 0 Å². The van der Waals surface area contributed by atoms with Crippen LogP contribution in [0.1, 0.15) is 16.1 Å². The SMILES string of the molecule is Nc1cc(C(=O)NCc2cn[nH]c2)nc2ccccc12. The van der Waals surface area contributed by atoms with E-state index in [0.29, 0.717) is 23.4 Å². The van der Waals surface area contributed by atoms with Gasteiger partial charge in [0.25, 0.3) is 5.91 Å². The van der Waals surface area contributed by atoms with Crippen molar-refractivity contribution >= 4 is 22.5 Å². The molecule has 1 aromatic carbocycles. The van der Waals surface area contributed by atoms with Gasteiger partial charge in [-0.05, 0) is 12.1 Å². The van der Waals surface area contributed by atoms with Gasteiger partial charge in [0.1, 0.15) is 5.69 Å². The molecule has 2 heterocycles. The molecule has 20 heavy (non-hydrogen) atoms. The minimum atomic E-state index is -0.261. The molecule has 0 fully saturated rings. The van der Waals surface area contributed by atoms with Crippen molar-refractivity contribution in [2.45, 2.75) is 6.54 Å². The molecule has 0 aliphatic rings. The van der Waals surface area contributed by atoms with Crippen molar-refractivity contribution in [1.29, 1.82) is 0 Å². The first kappa shape index (κ1) is 12.2. The van der Waals surface area contributed by atoms with Crippen LogP contribution in [0.4, 0.5) is 5.69 Å². The summed E-state index contributed by atoms with van der Waals surface area (Å²) in [5.74, 6) is -0.261. The van der Waals surface area contributed by atoms with Crippen molar-refractivity contribution in [2.24, 2.45) is 0 Å². The van der Waals surface area contributed by atoms with Crippen molar-refractivity contribution in [1.82, 2.24) is 20.5 Å². The molecule has 0 spiro atoms. The zero-order chi connectivity index (χ0) is 13.9. The van der Waals surface area contributed by atoms with E-state index in [4.69, 9.17) is 5.73 Å². The fourth-order valence-electron chi connectivity index (χ4n) is 1.97. The molecular formula is C14H13N5O. The number of pyridine rings is 1. The van der Waals surface area contributed by atoms with Crippen LogP contribution in [0.25, 0.3) is 10.9 Å². The number of amides is 1. The van der Waals surface area contributed by atoms with Crippen LogP contribution < -0.4 is 11.1 Å². The number of hydrogen-bond acceptors (Lipinski definition) is 4. The van der Waals surface area contributed by atoms with E-state index in [-0.39, 0.29) is 5.91 Å². The van der Waals surface area contributed by atoms with E-state index in [1.54, 1.807) is 18.5 Å². The molecule has 3 aromatic rings. The number of H-pyrrole nitrogens is 1. The van der Waals surface area contributed by atoms with Gasteiger partial charge in [0, 0.05) is 29.4 Å². The van der Waals surface area contributed by atoms with Crippen molar-refractivity contribution in [3.05, 3.63) is 54.0 Å². The van der Waals surface area contributed by atoms with Crippen LogP contribution in [0, 0.1) is 0 Å². The number of rotatable bonds is 3. The first-order chi connectivity index (χ1) is 9.74. The predicted molar refractivity (Wildman–Crippen MR) is 75.9 cm³/mol. The van der Waals surface area contributed by atoms with E-state index in [9.17, 15) is 4.79 Å². The average Bonchev–Trinajstić information content (AvgIpc) is 2.98. The first-order valence-corrected chi connectivity index (χ1v) is 6.15. The van der Waals surface area contributed by atoms with Crippen LogP contribution in [0.3, 0.4) is 0 Å². The van der Waals surface area contributed by atoms with Crippen molar-refractivity contribution in [2.75, 3.05) is 5.73 Å². The maximum Gasteiger partial charge on any atom is 0.270 e. The molecule has 3 rings (SSSR count). The van der Waals surface area contributed by atoms with Gasteiger partial charge in [0.15, 0.2) is 0 Å². The number of aromatic amines is 1. The Balaban J connectivity index is 1.84. The number of benzene rings is 1. The van der Waals surface area contributed by atoms with E-state index in [1.165, 1.54) is 0 Å². The van der Waals surface area contributed by atoms with Gasteiger partial charge >= 0.3 is 0 Å².